The molecule has 0 aliphatic heterocycles. The minimum absolute atomic E-state index is 0.0584. The quantitative estimate of drug-likeness (QED) is 0.400. The first-order chi connectivity index (χ1) is 16.4. The van der Waals surface area contributed by atoms with Crippen molar-refractivity contribution in [1.29, 1.82) is 0 Å². The summed E-state index contributed by atoms with van der Waals surface area (Å²) in [6.45, 7) is 2.24. The SMILES string of the molecule is Cc1ccsc1/C=C/C(=O)N(Cc1ccccc1)c1c(N)n(Cc2ccccc2)c(=O)[nH]c1=O. The molecule has 0 radical (unpaired) electrons. The lowest BCUT2D eigenvalue weighted by molar-refractivity contribution is -0.114. The molecular formula is C26H24N4O3S. The van der Waals surface area contributed by atoms with Crippen LogP contribution in [0.1, 0.15) is 21.6 Å². The number of nitrogens with two attached hydrogens (primary N) is 1. The number of benzene rings is 2. The average Bonchev–Trinajstić information content (AvgIpc) is 3.25. The highest BCUT2D eigenvalue weighted by Crippen LogP contribution is 2.22. The maximum atomic E-state index is 13.4. The van der Waals surface area contributed by atoms with Crippen LogP contribution in [0.2, 0.25) is 0 Å². The van der Waals surface area contributed by atoms with Crippen molar-refractivity contribution in [2.45, 2.75) is 20.0 Å². The summed E-state index contributed by atoms with van der Waals surface area (Å²) in [6, 6.07) is 20.6. The Balaban J connectivity index is 1.78. The number of H-pyrrole nitrogens is 1. The molecule has 0 aliphatic carbocycles. The molecule has 8 heteroatoms. The van der Waals surface area contributed by atoms with Crippen molar-refractivity contribution in [2.75, 3.05) is 10.6 Å². The summed E-state index contributed by atoms with van der Waals surface area (Å²) in [7, 11) is 0. The van der Waals surface area contributed by atoms with Crippen LogP contribution in [0.5, 0.6) is 0 Å². The van der Waals surface area contributed by atoms with Crippen molar-refractivity contribution in [3.05, 3.63) is 121 Å². The first-order valence-corrected chi connectivity index (χ1v) is 11.6. The fraction of sp³-hybridized carbons (Fsp3) is 0.115. The van der Waals surface area contributed by atoms with Crippen LogP contribution in [0.3, 0.4) is 0 Å². The van der Waals surface area contributed by atoms with E-state index in [2.05, 4.69) is 4.98 Å². The van der Waals surface area contributed by atoms with E-state index in [1.165, 1.54) is 26.9 Å². The van der Waals surface area contributed by atoms with Gasteiger partial charge in [-0.1, -0.05) is 60.7 Å². The number of carbonyl (C=O) groups excluding carboxylic acids is 1. The van der Waals surface area contributed by atoms with E-state index >= 15 is 0 Å². The smallest absolute Gasteiger partial charge is 0.330 e. The summed E-state index contributed by atoms with van der Waals surface area (Å²) in [5.41, 5.74) is 7.67. The van der Waals surface area contributed by atoms with Crippen LogP contribution in [0.25, 0.3) is 6.08 Å². The largest absolute Gasteiger partial charge is 0.383 e. The molecule has 4 rings (SSSR count). The number of amides is 1. The molecule has 4 aromatic rings. The second-order valence-corrected chi connectivity index (χ2v) is 8.72. The van der Waals surface area contributed by atoms with E-state index in [0.717, 1.165) is 21.6 Å². The van der Waals surface area contributed by atoms with Gasteiger partial charge in [0, 0.05) is 11.0 Å². The van der Waals surface area contributed by atoms with E-state index in [-0.39, 0.29) is 24.6 Å². The maximum absolute atomic E-state index is 13.4. The number of hydrogen-bond acceptors (Lipinski definition) is 5. The number of hydrogen-bond donors (Lipinski definition) is 2. The lowest BCUT2D eigenvalue weighted by Gasteiger charge is -2.23. The molecule has 34 heavy (non-hydrogen) atoms. The van der Waals surface area contributed by atoms with Gasteiger partial charge < -0.3 is 5.73 Å². The van der Waals surface area contributed by atoms with Crippen molar-refractivity contribution < 1.29 is 4.79 Å². The highest BCUT2D eigenvalue weighted by molar-refractivity contribution is 7.11. The second kappa shape index (κ2) is 10.2. The van der Waals surface area contributed by atoms with Crippen molar-refractivity contribution in [3.8, 4) is 0 Å². The van der Waals surface area contributed by atoms with E-state index in [1.54, 1.807) is 6.08 Å². The number of aromatic amines is 1. The molecule has 0 saturated carbocycles. The Morgan fingerprint density at radius 2 is 1.68 bits per heavy atom. The zero-order valence-electron chi connectivity index (χ0n) is 18.6. The number of carbonyl (C=O) groups is 1. The summed E-state index contributed by atoms with van der Waals surface area (Å²) in [4.78, 5) is 43.5. The molecule has 172 valence electrons. The van der Waals surface area contributed by atoms with Crippen LogP contribution in [-0.2, 0) is 17.9 Å². The zero-order valence-corrected chi connectivity index (χ0v) is 19.4. The number of aromatic nitrogens is 2. The maximum Gasteiger partial charge on any atom is 0.330 e. The van der Waals surface area contributed by atoms with Gasteiger partial charge in [0.2, 0.25) is 0 Å². The average molecular weight is 473 g/mol. The van der Waals surface area contributed by atoms with E-state index in [1.807, 2.05) is 79.0 Å². The molecule has 0 fully saturated rings. The van der Waals surface area contributed by atoms with Gasteiger partial charge in [-0.05, 0) is 41.1 Å². The molecule has 0 aliphatic rings. The number of nitrogens with one attached hydrogen (secondary N) is 1. The normalized spacial score (nSPS) is 11.1. The van der Waals surface area contributed by atoms with E-state index in [0.29, 0.717) is 0 Å². The molecule has 1 amide bonds. The van der Waals surface area contributed by atoms with Gasteiger partial charge in [0.25, 0.3) is 11.5 Å². The van der Waals surface area contributed by atoms with Gasteiger partial charge in [0.15, 0.2) is 5.69 Å². The van der Waals surface area contributed by atoms with Gasteiger partial charge in [-0.15, -0.1) is 11.3 Å². The summed E-state index contributed by atoms with van der Waals surface area (Å²) < 4.78 is 1.27. The third-order valence-electron chi connectivity index (χ3n) is 5.40. The van der Waals surface area contributed by atoms with Crippen molar-refractivity contribution >= 4 is 34.8 Å². The molecule has 0 spiro atoms. The Hall–Kier alpha value is -4.17. The molecule has 0 unspecified atom stereocenters. The molecule has 0 atom stereocenters. The Kier molecular flexibility index (Phi) is 6.89. The van der Waals surface area contributed by atoms with Crippen molar-refractivity contribution in [2.24, 2.45) is 0 Å². The number of thiophene rings is 1. The Morgan fingerprint density at radius 1 is 1.03 bits per heavy atom. The minimum atomic E-state index is -0.711. The second-order valence-electron chi connectivity index (χ2n) is 7.78. The van der Waals surface area contributed by atoms with Gasteiger partial charge in [0.1, 0.15) is 5.82 Å². The fourth-order valence-corrected chi connectivity index (χ4v) is 4.41. The summed E-state index contributed by atoms with van der Waals surface area (Å²) in [5.74, 6) is -0.485. The monoisotopic (exact) mass is 472 g/mol. The van der Waals surface area contributed by atoms with Gasteiger partial charge in [-0.25, -0.2) is 4.79 Å². The molecule has 2 aromatic carbocycles. The first-order valence-electron chi connectivity index (χ1n) is 10.7. The predicted octanol–water partition coefficient (Wildman–Crippen LogP) is 3.78. The number of nitrogen functional groups attached to an aromatic ring is 1. The Morgan fingerprint density at radius 3 is 2.29 bits per heavy atom. The molecule has 3 N–H and O–H groups in total. The highest BCUT2D eigenvalue weighted by atomic mass is 32.1. The fourth-order valence-electron chi connectivity index (χ4n) is 3.59. The number of aryl methyl sites for hydroxylation is 1. The zero-order chi connectivity index (χ0) is 24.1. The van der Waals surface area contributed by atoms with Crippen molar-refractivity contribution in [1.82, 2.24) is 9.55 Å². The van der Waals surface area contributed by atoms with Gasteiger partial charge >= 0.3 is 5.69 Å². The van der Waals surface area contributed by atoms with E-state index < -0.39 is 17.2 Å². The number of nitrogens with zero attached hydrogens (tertiary/aromatic N) is 2. The molecular weight excluding hydrogens is 448 g/mol. The Labute approximate surface area is 200 Å². The Bertz CT molecular complexity index is 1440. The lowest BCUT2D eigenvalue weighted by Crippen LogP contribution is -2.40. The van der Waals surface area contributed by atoms with E-state index in [9.17, 15) is 14.4 Å². The number of rotatable bonds is 7. The number of anilines is 2. The molecule has 0 bridgehead atoms. The molecule has 7 nitrogen and oxygen atoms in total. The standard InChI is InChI=1S/C26H24N4O3S/c1-18-14-15-34-21(18)12-13-22(31)29(16-19-8-4-2-5-9-19)23-24(27)30(26(33)28-25(23)32)17-20-10-6-3-7-11-20/h2-15H,16-17,27H2,1H3,(H,28,32,33)/b13-12+. The highest BCUT2D eigenvalue weighted by Gasteiger charge is 2.23. The molecule has 0 saturated heterocycles. The third-order valence-corrected chi connectivity index (χ3v) is 6.38. The lowest BCUT2D eigenvalue weighted by atomic mass is 10.2. The van der Waals surface area contributed by atoms with Gasteiger partial charge in [-0.3, -0.25) is 24.0 Å². The van der Waals surface area contributed by atoms with Crippen LogP contribution < -0.4 is 21.9 Å². The van der Waals surface area contributed by atoms with Crippen molar-refractivity contribution in [3.63, 3.8) is 0 Å². The third kappa shape index (κ3) is 5.07. The summed E-state index contributed by atoms with van der Waals surface area (Å²) in [5, 5.41) is 1.95. The van der Waals surface area contributed by atoms with Crippen LogP contribution in [0.15, 0.2) is 87.8 Å². The van der Waals surface area contributed by atoms with Crippen LogP contribution >= 0.6 is 11.3 Å². The summed E-state index contributed by atoms with van der Waals surface area (Å²) >= 11 is 1.52. The molecule has 2 heterocycles. The van der Waals surface area contributed by atoms with Crippen LogP contribution in [-0.4, -0.2) is 15.5 Å². The molecule has 2 aromatic heterocycles. The van der Waals surface area contributed by atoms with Gasteiger partial charge in [-0.2, -0.15) is 0 Å². The van der Waals surface area contributed by atoms with E-state index in [4.69, 9.17) is 5.73 Å². The predicted molar refractivity (Wildman–Crippen MR) is 137 cm³/mol. The van der Waals surface area contributed by atoms with Crippen LogP contribution in [0.4, 0.5) is 11.5 Å². The van der Waals surface area contributed by atoms with Gasteiger partial charge in [0.05, 0.1) is 13.1 Å². The van der Waals surface area contributed by atoms with Crippen LogP contribution in [0, 0.1) is 6.92 Å². The summed E-state index contributed by atoms with van der Waals surface area (Å²) in [6.07, 6.45) is 3.15. The topological polar surface area (TPSA) is 101 Å². The minimum Gasteiger partial charge on any atom is -0.383 e. The first kappa shape index (κ1) is 23.0.